The van der Waals surface area contributed by atoms with Crippen molar-refractivity contribution in [1.82, 2.24) is 10.2 Å². The molecule has 2 amide bonds. The number of carbonyl (C=O) groups is 2. The highest BCUT2D eigenvalue weighted by Gasteiger charge is 2.45. The molecule has 6 heteroatoms. The quantitative estimate of drug-likeness (QED) is 0.861. The predicted octanol–water partition coefficient (Wildman–Crippen LogP) is 1.96. The van der Waals surface area contributed by atoms with Gasteiger partial charge in [0.25, 0.3) is 5.91 Å². The maximum Gasteiger partial charge on any atom is 0.254 e. The summed E-state index contributed by atoms with van der Waals surface area (Å²) in [5.74, 6) is -0.169. The lowest BCUT2D eigenvalue weighted by Crippen LogP contribution is -2.55. The number of benzene rings is 1. The Bertz CT molecular complexity index is 536. The van der Waals surface area contributed by atoms with Gasteiger partial charge in [-0.1, -0.05) is 18.2 Å². The van der Waals surface area contributed by atoms with E-state index in [1.165, 1.54) is 0 Å². The number of nitrogens with one attached hydrogen (secondary N) is 1. The van der Waals surface area contributed by atoms with Crippen molar-refractivity contribution >= 4 is 24.2 Å². The number of halogens is 1. The molecule has 2 atom stereocenters. The second-order valence-corrected chi connectivity index (χ2v) is 6.22. The Morgan fingerprint density at radius 2 is 2.00 bits per heavy atom. The summed E-state index contributed by atoms with van der Waals surface area (Å²) in [5.41, 5.74) is 5.55. The molecule has 3 N–H and O–H groups in total. The number of amides is 2. The van der Waals surface area contributed by atoms with Crippen LogP contribution in [-0.4, -0.2) is 41.4 Å². The second kappa shape index (κ2) is 8.31. The zero-order valence-electron chi connectivity index (χ0n) is 13.7. The summed E-state index contributed by atoms with van der Waals surface area (Å²) in [5, 5.41) is 2.92. The molecule has 128 valence electrons. The Balaban J connectivity index is 0.00000264. The second-order valence-electron chi connectivity index (χ2n) is 6.22. The van der Waals surface area contributed by atoms with Gasteiger partial charge in [-0.15, -0.1) is 12.4 Å². The molecule has 1 aliphatic rings. The molecule has 1 aromatic rings. The van der Waals surface area contributed by atoms with Crippen molar-refractivity contribution in [2.24, 2.45) is 5.73 Å². The molecular weight excluding hydrogens is 314 g/mol. The Hall–Kier alpha value is -1.59. The fraction of sp³-hybridized carbons (Fsp3) is 0.529. The molecule has 23 heavy (non-hydrogen) atoms. The maximum absolute atomic E-state index is 12.7. The summed E-state index contributed by atoms with van der Waals surface area (Å²) in [6, 6.07) is 9.18. The lowest BCUT2D eigenvalue weighted by Gasteiger charge is -2.34. The molecule has 1 aromatic carbocycles. The lowest BCUT2D eigenvalue weighted by molar-refractivity contribution is -0.129. The van der Waals surface area contributed by atoms with Gasteiger partial charge < -0.3 is 16.0 Å². The van der Waals surface area contributed by atoms with Crippen molar-refractivity contribution in [1.29, 1.82) is 0 Å². The Morgan fingerprint density at radius 3 is 2.61 bits per heavy atom. The van der Waals surface area contributed by atoms with Gasteiger partial charge in [0.1, 0.15) is 5.54 Å². The van der Waals surface area contributed by atoms with Gasteiger partial charge >= 0.3 is 0 Å². The van der Waals surface area contributed by atoms with E-state index in [-0.39, 0.29) is 30.3 Å². The fourth-order valence-electron chi connectivity index (χ4n) is 2.87. The van der Waals surface area contributed by atoms with Gasteiger partial charge in [0.15, 0.2) is 0 Å². The van der Waals surface area contributed by atoms with Crippen LogP contribution in [0.15, 0.2) is 30.3 Å². The fourth-order valence-corrected chi connectivity index (χ4v) is 2.87. The van der Waals surface area contributed by atoms with E-state index in [0.29, 0.717) is 25.1 Å². The average Bonchev–Trinajstić information content (AvgIpc) is 2.90. The third kappa shape index (κ3) is 4.45. The highest BCUT2D eigenvalue weighted by molar-refractivity contribution is 5.99. The minimum atomic E-state index is -0.773. The van der Waals surface area contributed by atoms with Crippen LogP contribution in [0.1, 0.15) is 43.5 Å². The zero-order valence-corrected chi connectivity index (χ0v) is 14.6. The van der Waals surface area contributed by atoms with Crippen LogP contribution in [0.2, 0.25) is 0 Å². The monoisotopic (exact) mass is 339 g/mol. The molecule has 0 spiro atoms. The van der Waals surface area contributed by atoms with Gasteiger partial charge in [-0.2, -0.15) is 0 Å². The normalized spacial score (nSPS) is 21.4. The first-order valence-corrected chi connectivity index (χ1v) is 7.86. The molecule has 0 radical (unpaired) electrons. The molecule has 1 fully saturated rings. The Kier molecular flexibility index (Phi) is 7.03. The smallest absolute Gasteiger partial charge is 0.254 e. The molecule has 1 heterocycles. The predicted molar refractivity (Wildman–Crippen MR) is 93.6 cm³/mol. The van der Waals surface area contributed by atoms with Crippen LogP contribution in [-0.2, 0) is 4.79 Å². The standard InChI is InChI=1S/C17H25N3O2.ClH/c1-13(18)9-11-19-16(22)17(2)10-6-12-20(17)15(21)14-7-4-3-5-8-14;/h3-5,7-8,13H,6,9-12,18H2,1-2H3,(H,19,22);1H. The van der Waals surface area contributed by atoms with E-state index < -0.39 is 5.54 Å². The van der Waals surface area contributed by atoms with Crippen LogP contribution >= 0.6 is 12.4 Å². The van der Waals surface area contributed by atoms with Crippen LogP contribution in [0.25, 0.3) is 0 Å². The van der Waals surface area contributed by atoms with Crippen LogP contribution in [0.4, 0.5) is 0 Å². The van der Waals surface area contributed by atoms with Crippen LogP contribution < -0.4 is 11.1 Å². The van der Waals surface area contributed by atoms with Crippen molar-refractivity contribution in [2.45, 2.75) is 44.7 Å². The molecule has 5 nitrogen and oxygen atoms in total. The van der Waals surface area contributed by atoms with Crippen molar-refractivity contribution in [3.8, 4) is 0 Å². The van der Waals surface area contributed by atoms with Crippen LogP contribution in [0, 0.1) is 0 Å². The summed E-state index contributed by atoms with van der Waals surface area (Å²) in [6.45, 7) is 4.92. The van der Waals surface area contributed by atoms with E-state index in [1.54, 1.807) is 17.0 Å². The van der Waals surface area contributed by atoms with Crippen LogP contribution in [0.3, 0.4) is 0 Å². The summed E-state index contributed by atoms with van der Waals surface area (Å²) < 4.78 is 0. The number of hydrogen-bond donors (Lipinski definition) is 2. The summed E-state index contributed by atoms with van der Waals surface area (Å²) >= 11 is 0. The Morgan fingerprint density at radius 1 is 1.35 bits per heavy atom. The number of nitrogens with zero attached hydrogens (tertiary/aromatic N) is 1. The largest absolute Gasteiger partial charge is 0.354 e. The molecule has 0 bridgehead atoms. The van der Waals surface area contributed by atoms with Gasteiger partial charge in [0, 0.05) is 24.7 Å². The topological polar surface area (TPSA) is 75.4 Å². The van der Waals surface area contributed by atoms with E-state index in [9.17, 15) is 9.59 Å². The molecule has 1 saturated heterocycles. The zero-order chi connectivity index (χ0) is 16.2. The molecule has 0 saturated carbocycles. The summed E-state index contributed by atoms with van der Waals surface area (Å²) in [4.78, 5) is 26.9. The van der Waals surface area contributed by atoms with Gasteiger partial charge in [0.05, 0.1) is 0 Å². The van der Waals surface area contributed by atoms with Gasteiger partial charge in [0.2, 0.25) is 5.91 Å². The van der Waals surface area contributed by atoms with Crippen molar-refractivity contribution < 1.29 is 9.59 Å². The SMILES string of the molecule is CC(N)CCNC(=O)C1(C)CCCN1C(=O)c1ccccc1.Cl. The van der Waals surface area contributed by atoms with Crippen LogP contribution in [0.5, 0.6) is 0 Å². The number of rotatable bonds is 5. The molecule has 0 aromatic heterocycles. The van der Waals surface area contributed by atoms with Gasteiger partial charge in [-0.25, -0.2) is 0 Å². The summed E-state index contributed by atoms with van der Waals surface area (Å²) in [7, 11) is 0. The minimum Gasteiger partial charge on any atom is -0.354 e. The average molecular weight is 340 g/mol. The van der Waals surface area contributed by atoms with Crippen molar-refractivity contribution in [3.63, 3.8) is 0 Å². The highest BCUT2D eigenvalue weighted by Crippen LogP contribution is 2.30. The van der Waals surface area contributed by atoms with E-state index in [0.717, 1.165) is 12.8 Å². The first-order valence-electron chi connectivity index (χ1n) is 7.86. The third-order valence-corrected chi connectivity index (χ3v) is 4.28. The van der Waals surface area contributed by atoms with Crippen molar-refractivity contribution in [3.05, 3.63) is 35.9 Å². The number of likely N-dealkylation sites (tertiary alicyclic amines) is 1. The molecule has 0 aliphatic carbocycles. The molecular formula is C17H26ClN3O2. The first kappa shape index (κ1) is 19.5. The van der Waals surface area contributed by atoms with Gasteiger partial charge in [-0.05, 0) is 45.2 Å². The van der Waals surface area contributed by atoms with Gasteiger partial charge in [-0.3, -0.25) is 9.59 Å². The molecule has 2 rings (SSSR count). The molecule has 1 aliphatic heterocycles. The number of nitrogens with two attached hydrogens (primary N) is 1. The third-order valence-electron chi connectivity index (χ3n) is 4.28. The first-order chi connectivity index (χ1) is 10.4. The minimum absolute atomic E-state index is 0. The highest BCUT2D eigenvalue weighted by atomic mass is 35.5. The van der Waals surface area contributed by atoms with E-state index in [4.69, 9.17) is 5.73 Å². The summed E-state index contributed by atoms with van der Waals surface area (Å²) in [6.07, 6.45) is 2.26. The van der Waals surface area contributed by atoms with E-state index in [1.807, 2.05) is 32.0 Å². The maximum atomic E-state index is 12.7. The van der Waals surface area contributed by atoms with E-state index >= 15 is 0 Å². The number of hydrogen-bond acceptors (Lipinski definition) is 3. The Labute approximate surface area is 144 Å². The number of carbonyl (C=O) groups excluding carboxylic acids is 2. The lowest BCUT2D eigenvalue weighted by atomic mass is 9.96. The van der Waals surface area contributed by atoms with Crippen molar-refractivity contribution in [2.75, 3.05) is 13.1 Å². The molecule has 2 unspecified atom stereocenters. The van der Waals surface area contributed by atoms with E-state index in [2.05, 4.69) is 5.32 Å².